The lowest BCUT2D eigenvalue weighted by Crippen LogP contribution is -2.23. The molecule has 0 fully saturated rings. The molecule has 0 saturated heterocycles. The quantitative estimate of drug-likeness (QED) is 0.726. The molecule has 0 aliphatic heterocycles. The van der Waals surface area contributed by atoms with Crippen molar-refractivity contribution in [2.24, 2.45) is 7.05 Å². The molecule has 23 heavy (non-hydrogen) atoms. The van der Waals surface area contributed by atoms with Crippen LogP contribution in [0.15, 0.2) is 36.5 Å². The Morgan fingerprint density at radius 3 is 2.87 bits per heavy atom. The van der Waals surface area contributed by atoms with Crippen LogP contribution >= 0.6 is 0 Å². The van der Waals surface area contributed by atoms with Gasteiger partial charge in [0.2, 0.25) is 11.8 Å². The number of likely N-dealkylation sites (N-methyl/N-ethyl adjacent to an activating group) is 1. The molecule has 0 N–H and O–H groups in total. The van der Waals surface area contributed by atoms with Gasteiger partial charge in [-0.15, -0.1) is 0 Å². The van der Waals surface area contributed by atoms with Crippen LogP contribution in [-0.2, 0) is 13.5 Å². The van der Waals surface area contributed by atoms with Gasteiger partial charge < -0.3 is 14.2 Å². The van der Waals surface area contributed by atoms with Crippen LogP contribution in [0.5, 0.6) is 5.88 Å². The van der Waals surface area contributed by atoms with E-state index in [0.29, 0.717) is 5.88 Å². The zero-order chi connectivity index (χ0) is 16.4. The van der Waals surface area contributed by atoms with Crippen LogP contribution < -0.4 is 9.64 Å². The van der Waals surface area contributed by atoms with Crippen molar-refractivity contribution >= 4 is 17.0 Å². The maximum atomic E-state index is 13.4. The number of rotatable bonds is 5. The van der Waals surface area contributed by atoms with Gasteiger partial charge in [-0.05, 0) is 36.2 Å². The van der Waals surface area contributed by atoms with E-state index in [2.05, 4.69) is 14.9 Å². The summed E-state index contributed by atoms with van der Waals surface area (Å²) in [5.74, 6) is 1.17. The molecular formula is C17H19FN4O. The van der Waals surface area contributed by atoms with E-state index in [1.54, 1.807) is 19.4 Å². The minimum atomic E-state index is -0.251. The van der Waals surface area contributed by atoms with E-state index in [9.17, 15) is 4.39 Å². The normalized spacial score (nSPS) is 11.0. The number of anilines is 1. The number of ether oxygens (including phenoxy) is 1. The number of fused-ring (bicyclic) bond motifs is 1. The summed E-state index contributed by atoms with van der Waals surface area (Å²) in [6.45, 7) is 0.785. The number of halogens is 1. The molecule has 3 aromatic rings. The van der Waals surface area contributed by atoms with Crippen LogP contribution in [0.2, 0.25) is 0 Å². The molecule has 1 aromatic carbocycles. The predicted octanol–water partition coefficient (Wildman–Crippen LogP) is 2.79. The topological polar surface area (TPSA) is 43.2 Å². The van der Waals surface area contributed by atoms with Gasteiger partial charge in [0, 0.05) is 32.9 Å². The second-order valence-electron chi connectivity index (χ2n) is 5.48. The minimum Gasteiger partial charge on any atom is -0.481 e. The number of benzene rings is 1. The lowest BCUT2D eigenvalue weighted by Gasteiger charge is -2.18. The highest BCUT2D eigenvalue weighted by Crippen LogP contribution is 2.21. The second kappa shape index (κ2) is 6.24. The third-order valence-electron chi connectivity index (χ3n) is 3.90. The molecule has 2 heterocycles. The van der Waals surface area contributed by atoms with E-state index < -0.39 is 0 Å². The highest BCUT2D eigenvalue weighted by atomic mass is 19.1. The lowest BCUT2D eigenvalue weighted by molar-refractivity contribution is 0.397. The fourth-order valence-corrected chi connectivity index (χ4v) is 2.61. The van der Waals surface area contributed by atoms with E-state index in [1.165, 1.54) is 12.1 Å². The largest absolute Gasteiger partial charge is 0.481 e. The van der Waals surface area contributed by atoms with Crippen LogP contribution in [0, 0.1) is 5.82 Å². The minimum absolute atomic E-state index is 0.251. The Balaban J connectivity index is 1.77. The molecule has 0 spiro atoms. The van der Waals surface area contributed by atoms with E-state index in [-0.39, 0.29) is 5.82 Å². The smallest absolute Gasteiger partial charge is 0.213 e. The SMILES string of the molecule is COc1cc(CCN(C)c2nc3ccc(F)cc3n2C)ccn1. The van der Waals surface area contributed by atoms with Gasteiger partial charge in [-0.3, -0.25) is 0 Å². The van der Waals surface area contributed by atoms with Gasteiger partial charge >= 0.3 is 0 Å². The average molecular weight is 314 g/mol. The lowest BCUT2D eigenvalue weighted by atomic mass is 10.2. The van der Waals surface area contributed by atoms with Crippen molar-refractivity contribution in [1.82, 2.24) is 14.5 Å². The monoisotopic (exact) mass is 314 g/mol. The maximum absolute atomic E-state index is 13.4. The standard InChI is InChI=1S/C17H19FN4O/c1-21(9-7-12-6-8-19-16(10-12)23-3)17-20-14-5-4-13(18)11-15(14)22(17)2/h4-6,8,10-11H,7,9H2,1-3H3. The third-order valence-corrected chi connectivity index (χ3v) is 3.90. The summed E-state index contributed by atoms with van der Waals surface area (Å²) < 4.78 is 20.4. The van der Waals surface area contributed by atoms with Crippen molar-refractivity contribution in [3.8, 4) is 5.88 Å². The van der Waals surface area contributed by atoms with Gasteiger partial charge in [0.1, 0.15) is 5.82 Å². The first-order chi connectivity index (χ1) is 11.1. The van der Waals surface area contributed by atoms with Crippen molar-refractivity contribution in [3.63, 3.8) is 0 Å². The predicted molar refractivity (Wildman–Crippen MR) is 88.4 cm³/mol. The fourth-order valence-electron chi connectivity index (χ4n) is 2.61. The van der Waals surface area contributed by atoms with Gasteiger partial charge in [-0.2, -0.15) is 0 Å². The van der Waals surface area contributed by atoms with Crippen molar-refractivity contribution in [2.45, 2.75) is 6.42 Å². The maximum Gasteiger partial charge on any atom is 0.213 e. The first kappa shape index (κ1) is 15.3. The Labute approximate surface area is 134 Å². The third kappa shape index (κ3) is 3.11. The molecule has 2 aromatic heterocycles. The van der Waals surface area contributed by atoms with Crippen LogP contribution in [0.3, 0.4) is 0 Å². The molecule has 0 aliphatic rings. The number of aryl methyl sites for hydroxylation is 1. The number of methoxy groups -OCH3 is 1. The molecule has 3 rings (SSSR count). The Morgan fingerprint density at radius 1 is 1.26 bits per heavy atom. The summed E-state index contributed by atoms with van der Waals surface area (Å²) in [6, 6.07) is 8.55. The second-order valence-corrected chi connectivity index (χ2v) is 5.48. The molecule has 0 radical (unpaired) electrons. The number of aromatic nitrogens is 3. The molecular weight excluding hydrogens is 295 g/mol. The van der Waals surface area contributed by atoms with Crippen LogP contribution in [0.4, 0.5) is 10.3 Å². The number of nitrogens with zero attached hydrogens (tertiary/aromatic N) is 4. The van der Waals surface area contributed by atoms with Crippen molar-refractivity contribution in [3.05, 3.63) is 47.9 Å². The highest BCUT2D eigenvalue weighted by Gasteiger charge is 2.12. The summed E-state index contributed by atoms with van der Waals surface area (Å²) in [5, 5.41) is 0. The number of hydrogen-bond donors (Lipinski definition) is 0. The average Bonchev–Trinajstić information content (AvgIpc) is 2.89. The molecule has 0 aliphatic carbocycles. The summed E-state index contributed by atoms with van der Waals surface area (Å²) in [5.41, 5.74) is 2.73. The summed E-state index contributed by atoms with van der Waals surface area (Å²) in [6.07, 6.45) is 2.58. The van der Waals surface area contributed by atoms with Crippen molar-refractivity contribution in [1.29, 1.82) is 0 Å². The molecule has 0 amide bonds. The van der Waals surface area contributed by atoms with E-state index in [1.807, 2.05) is 30.8 Å². The number of imidazole rings is 1. The van der Waals surface area contributed by atoms with Gasteiger partial charge in [-0.25, -0.2) is 14.4 Å². The Hall–Kier alpha value is -2.63. The van der Waals surface area contributed by atoms with Crippen molar-refractivity contribution < 1.29 is 9.13 Å². The molecule has 0 bridgehead atoms. The molecule has 120 valence electrons. The summed E-state index contributed by atoms with van der Waals surface area (Å²) in [4.78, 5) is 10.8. The Morgan fingerprint density at radius 2 is 2.09 bits per heavy atom. The number of hydrogen-bond acceptors (Lipinski definition) is 4. The molecule has 5 nitrogen and oxygen atoms in total. The number of pyridine rings is 1. The first-order valence-electron chi connectivity index (χ1n) is 7.40. The van der Waals surface area contributed by atoms with Crippen LogP contribution in [0.1, 0.15) is 5.56 Å². The summed E-state index contributed by atoms with van der Waals surface area (Å²) in [7, 11) is 5.49. The Kier molecular flexibility index (Phi) is 4.14. The molecule has 0 saturated carbocycles. The van der Waals surface area contributed by atoms with E-state index in [4.69, 9.17) is 4.74 Å². The van der Waals surface area contributed by atoms with Crippen LogP contribution in [-0.4, -0.2) is 35.2 Å². The Bertz CT molecular complexity index is 831. The van der Waals surface area contributed by atoms with Crippen LogP contribution in [0.25, 0.3) is 11.0 Å². The van der Waals surface area contributed by atoms with Gasteiger partial charge in [0.15, 0.2) is 0 Å². The fraction of sp³-hybridized carbons (Fsp3) is 0.294. The van der Waals surface area contributed by atoms with Gasteiger partial charge in [0.25, 0.3) is 0 Å². The van der Waals surface area contributed by atoms with Crippen molar-refractivity contribution in [2.75, 3.05) is 25.6 Å². The first-order valence-corrected chi connectivity index (χ1v) is 7.40. The zero-order valence-electron chi connectivity index (χ0n) is 13.5. The zero-order valence-corrected chi connectivity index (χ0v) is 13.5. The van der Waals surface area contributed by atoms with E-state index in [0.717, 1.165) is 35.5 Å². The highest BCUT2D eigenvalue weighted by molar-refractivity contribution is 5.78. The van der Waals surface area contributed by atoms with E-state index >= 15 is 0 Å². The molecule has 6 heteroatoms. The molecule has 0 unspecified atom stereocenters. The molecule has 0 atom stereocenters. The van der Waals surface area contributed by atoms with Gasteiger partial charge in [-0.1, -0.05) is 0 Å². The summed E-state index contributed by atoms with van der Waals surface area (Å²) >= 11 is 0. The van der Waals surface area contributed by atoms with Gasteiger partial charge in [0.05, 0.1) is 18.1 Å².